The summed E-state index contributed by atoms with van der Waals surface area (Å²) in [5, 5.41) is 11.6. The minimum Gasteiger partial charge on any atom is -0.507 e. The van der Waals surface area contributed by atoms with E-state index in [0.29, 0.717) is 27.6 Å². The summed E-state index contributed by atoms with van der Waals surface area (Å²) in [6, 6.07) is 23.7. The molecule has 0 radical (unpaired) electrons. The van der Waals surface area contributed by atoms with E-state index in [0.717, 1.165) is 9.87 Å². The minimum absolute atomic E-state index is 0.0398. The number of hydrogen-bond acceptors (Lipinski definition) is 5. The Morgan fingerprint density at radius 1 is 0.882 bits per heavy atom. The number of fused-ring (bicyclic) bond motifs is 1. The first-order valence-corrected chi connectivity index (χ1v) is 12.1. The van der Waals surface area contributed by atoms with Crippen LogP contribution in [0.1, 0.15) is 22.6 Å². The van der Waals surface area contributed by atoms with Crippen molar-refractivity contribution in [3.05, 3.63) is 102 Å². The Balaban J connectivity index is 1.87. The number of methoxy groups -OCH3 is 1. The summed E-state index contributed by atoms with van der Waals surface area (Å²) >= 11 is 0. The molecule has 0 aromatic heterocycles. The number of aromatic hydroxyl groups is 1. The van der Waals surface area contributed by atoms with E-state index in [2.05, 4.69) is 0 Å². The largest absolute Gasteiger partial charge is 0.507 e. The van der Waals surface area contributed by atoms with Gasteiger partial charge in [0.25, 0.3) is 10.0 Å². The minimum atomic E-state index is -4.08. The molecule has 34 heavy (non-hydrogen) atoms. The third-order valence-electron chi connectivity index (χ3n) is 5.93. The maximum Gasteiger partial charge on any atom is 0.266 e. The molecule has 0 heterocycles. The Kier molecular flexibility index (Phi) is 6.30. The topological polar surface area (TPSA) is 83.9 Å². The van der Waals surface area contributed by atoms with Gasteiger partial charge in [-0.1, -0.05) is 60.2 Å². The van der Waals surface area contributed by atoms with Crippen molar-refractivity contribution >= 4 is 26.7 Å². The van der Waals surface area contributed by atoms with Crippen LogP contribution in [-0.4, -0.2) is 37.9 Å². The van der Waals surface area contributed by atoms with Crippen molar-refractivity contribution < 1.29 is 23.1 Å². The van der Waals surface area contributed by atoms with E-state index in [1.54, 1.807) is 61.7 Å². The molecule has 4 aromatic carbocycles. The highest BCUT2D eigenvalue weighted by molar-refractivity contribution is 7.89. The van der Waals surface area contributed by atoms with Gasteiger partial charge >= 0.3 is 0 Å². The molecule has 0 saturated carbocycles. The summed E-state index contributed by atoms with van der Waals surface area (Å²) in [5.74, 6) is -0.838. The number of likely N-dealkylation sites (N-methyl/N-ethyl adjacent to an activating group) is 1. The van der Waals surface area contributed by atoms with Crippen LogP contribution in [0.5, 0.6) is 11.5 Å². The van der Waals surface area contributed by atoms with Crippen molar-refractivity contribution in [3.63, 3.8) is 0 Å². The van der Waals surface area contributed by atoms with Gasteiger partial charge in [-0.15, -0.1) is 0 Å². The number of hydrogen-bond donors (Lipinski definition) is 1. The monoisotopic (exact) mass is 475 g/mol. The number of benzene rings is 4. The number of phenolic OH excluding ortho intramolecular Hbond substituents is 1. The first-order chi connectivity index (χ1) is 16.2. The number of carbonyl (C=O) groups excluding carboxylic acids is 1. The molecule has 0 saturated heterocycles. The normalized spacial score (nSPS) is 12.3. The van der Waals surface area contributed by atoms with Crippen LogP contribution in [0.15, 0.2) is 89.8 Å². The van der Waals surface area contributed by atoms with Gasteiger partial charge in [0.1, 0.15) is 11.5 Å². The summed E-state index contributed by atoms with van der Waals surface area (Å²) in [5.41, 5.74) is 2.11. The summed E-state index contributed by atoms with van der Waals surface area (Å²) in [6.07, 6.45) is 0. The molecule has 0 aliphatic carbocycles. The van der Waals surface area contributed by atoms with E-state index in [1.807, 2.05) is 19.1 Å². The molecule has 174 valence electrons. The quantitative estimate of drug-likeness (QED) is 0.431. The van der Waals surface area contributed by atoms with Crippen molar-refractivity contribution in [2.75, 3.05) is 14.2 Å². The van der Waals surface area contributed by atoms with Crippen LogP contribution < -0.4 is 4.74 Å². The summed E-state index contributed by atoms with van der Waals surface area (Å²) in [6.45, 7) is 1.86. The fraction of sp³-hybridized carbons (Fsp3) is 0.148. The molecule has 0 spiro atoms. The average Bonchev–Trinajstić information content (AvgIpc) is 2.85. The van der Waals surface area contributed by atoms with Crippen LogP contribution in [-0.2, 0) is 14.8 Å². The molecule has 1 amide bonds. The van der Waals surface area contributed by atoms with Gasteiger partial charge in [0.2, 0.25) is 5.91 Å². The van der Waals surface area contributed by atoms with Crippen molar-refractivity contribution in [2.45, 2.75) is 17.7 Å². The predicted octanol–water partition coefficient (Wildman–Crippen LogP) is 4.84. The van der Waals surface area contributed by atoms with E-state index in [4.69, 9.17) is 4.74 Å². The van der Waals surface area contributed by atoms with Gasteiger partial charge in [0.05, 0.1) is 17.9 Å². The number of ether oxygens (including phenoxy) is 1. The highest BCUT2D eigenvalue weighted by Crippen LogP contribution is 2.37. The van der Waals surface area contributed by atoms with E-state index in [-0.39, 0.29) is 10.6 Å². The number of carbonyl (C=O) groups is 1. The Morgan fingerprint density at radius 3 is 2.12 bits per heavy atom. The highest BCUT2D eigenvalue weighted by Gasteiger charge is 2.34. The number of nitrogens with zero attached hydrogens (tertiary/aromatic N) is 1. The maximum atomic E-state index is 13.9. The lowest BCUT2D eigenvalue weighted by atomic mass is 9.87. The van der Waals surface area contributed by atoms with Crippen molar-refractivity contribution in [1.82, 2.24) is 4.31 Å². The Bertz CT molecular complexity index is 1450. The van der Waals surface area contributed by atoms with E-state index < -0.39 is 21.8 Å². The van der Waals surface area contributed by atoms with Crippen molar-refractivity contribution in [1.29, 1.82) is 0 Å². The number of rotatable bonds is 6. The number of sulfonamides is 1. The van der Waals surface area contributed by atoms with Gasteiger partial charge in [0, 0.05) is 12.4 Å². The average molecular weight is 476 g/mol. The zero-order chi connectivity index (χ0) is 24.5. The smallest absolute Gasteiger partial charge is 0.266 e. The molecular weight excluding hydrogens is 450 g/mol. The summed E-state index contributed by atoms with van der Waals surface area (Å²) in [7, 11) is -1.26. The zero-order valence-electron chi connectivity index (χ0n) is 19.1. The number of aryl methyl sites for hydroxylation is 1. The molecule has 1 unspecified atom stereocenters. The van der Waals surface area contributed by atoms with Crippen LogP contribution in [0, 0.1) is 6.92 Å². The lowest BCUT2D eigenvalue weighted by Gasteiger charge is -2.25. The van der Waals surface area contributed by atoms with Gasteiger partial charge < -0.3 is 9.84 Å². The van der Waals surface area contributed by atoms with Gasteiger partial charge in [-0.05, 0) is 53.8 Å². The molecule has 4 rings (SSSR count). The van der Waals surface area contributed by atoms with Gasteiger partial charge in [-0.2, -0.15) is 0 Å². The van der Waals surface area contributed by atoms with E-state index in [1.165, 1.54) is 25.2 Å². The molecule has 1 N–H and O–H groups in total. The van der Waals surface area contributed by atoms with Crippen LogP contribution in [0.3, 0.4) is 0 Å². The first-order valence-electron chi connectivity index (χ1n) is 10.7. The Labute approximate surface area is 199 Å². The predicted molar refractivity (Wildman–Crippen MR) is 132 cm³/mol. The molecule has 0 aliphatic rings. The van der Waals surface area contributed by atoms with Crippen LogP contribution in [0.4, 0.5) is 0 Å². The fourth-order valence-electron chi connectivity index (χ4n) is 3.98. The van der Waals surface area contributed by atoms with E-state index in [9.17, 15) is 18.3 Å². The second-order valence-corrected chi connectivity index (χ2v) is 10.0. The van der Waals surface area contributed by atoms with Gasteiger partial charge in [-0.3, -0.25) is 4.79 Å². The van der Waals surface area contributed by atoms with Crippen LogP contribution in [0.25, 0.3) is 10.8 Å². The lowest BCUT2D eigenvalue weighted by molar-refractivity contribution is -0.126. The SMILES string of the molecule is COc1ccc(C(C(=O)N(C)S(=O)(=O)c2ccc(C)cc2)c2ccc(O)c3ccccc23)cc1. The molecular formula is C27H25NO5S. The summed E-state index contributed by atoms with van der Waals surface area (Å²) < 4.78 is 32.7. The third kappa shape index (κ3) is 4.22. The molecule has 7 heteroatoms. The molecule has 4 aromatic rings. The zero-order valence-corrected chi connectivity index (χ0v) is 19.9. The molecule has 1 atom stereocenters. The maximum absolute atomic E-state index is 13.9. The number of amides is 1. The van der Waals surface area contributed by atoms with Crippen LogP contribution >= 0.6 is 0 Å². The highest BCUT2D eigenvalue weighted by atomic mass is 32.2. The van der Waals surface area contributed by atoms with E-state index >= 15 is 0 Å². The van der Waals surface area contributed by atoms with Gasteiger partial charge in [-0.25, -0.2) is 12.7 Å². The molecule has 6 nitrogen and oxygen atoms in total. The molecule has 0 fully saturated rings. The van der Waals surface area contributed by atoms with Crippen LogP contribution in [0.2, 0.25) is 0 Å². The second-order valence-electron chi connectivity index (χ2n) is 8.05. The Morgan fingerprint density at radius 2 is 1.50 bits per heavy atom. The number of phenols is 1. The van der Waals surface area contributed by atoms with Crippen molar-refractivity contribution in [2.24, 2.45) is 0 Å². The second kappa shape index (κ2) is 9.19. The molecule has 0 aliphatic heterocycles. The lowest BCUT2D eigenvalue weighted by Crippen LogP contribution is -2.37. The summed E-state index contributed by atoms with van der Waals surface area (Å²) in [4.78, 5) is 13.9. The standard InChI is InChI=1S/C27H25NO5S/c1-18-8-14-21(15-9-18)34(31,32)28(2)27(30)26(19-10-12-20(33-3)13-11-19)24-16-17-25(29)23-7-5-4-6-22(23)24/h4-17,26,29H,1-3H3. The third-order valence-corrected chi connectivity index (χ3v) is 7.70. The molecule has 0 bridgehead atoms. The fourth-order valence-corrected chi connectivity index (χ4v) is 5.12. The van der Waals surface area contributed by atoms with Gasteiger partial charge in [0.15, 0.2) is 0 Å². The van der Waals surface area contributed by atoms with Crippen molar-refractivity contribution in [3.8, 4) is 11.5 Å². The Hall–Kier alpha value is -3.84. The first kappa shape index (κ1) is 23.3.